The van der Waals surface area contributed by atoms with Gasteiger partial charge in [-0.2, -0.15) is 0 Å². The lowest BCUT2D eigenvalue weighted by Crippen LogP contribution is -2.32. The predicted molar refractivity (Wildman–Crippen MR) is 106 cm³/mol. The highest BCUT2D eigenvalue weighted by atomic mass is 79.9. The van der Waals surface area contributed by atoms with Crippen molar-refractivity contribution in [3.05, 3.63) is 62.5 Å². The number of halogens is 1. The maximum absolute atomic E-state index is 11.2. The zero-order valence-corrected chi connectivity index (χ0v) is 16.5. The van der Waals surface area contributed by atoms with E-state index in [9.17, 15) is 4.79 Å². The molecule has 0 atom stereocenters. The summed E-state index contributed by atoms with van der Waals surface area (Å²) in [4.78, 5) is 14.6. The Balaban J connectivity index is 1.74. The maximum Gasteiger partial charge on any atom is 0.332 e. The van der Waals surface area contributed by atoms with Gasteiger partial charge < -0.3 is 9.67 Å². The van der Waals surface area contributed by atoms with Crippen molar-refractivity contribution in [2.24, 2.45) is 7.05 Å². The molecular weight excluding hydrogens is 400 g/mol. The van der Waals surface area contributed by atoms with E-state index in [1.807, 2.05) is 6.08 Å². The number of carboxylic acid groups (broad SMARTS) is 1. The number of carboxylic acids is 1. The minimum Gasteiger partial charge on any atom is -0.478 e. The molecule has 2 aromatic heterocycles. The Labute approximate surface area is 160 Å². The van der Waals surface area contributed by atoms with E-state index in [1.165, 1.54) is 16.1 Å². The lowest BCUT2D eigenvalue weighted by atomic mass is 10.1. The minimum absolute atomic E-state index is 0.513. The van der Waals surface area contributed by atoms with Crippen molar-refractivity contribution in [3.8, 4) is 0 Å². The molecule has 0 unspecified atom stereocenters. The van der Waals surface area contributed by atoms with Crippen LogP contribution in [0.15, 0.2) is 52.0 Å². The van der Waals surface area contributed by atoms with E-state index < -0.39 is 5.97 Å². The molecule has 0 radical (unpaired) electrons. The smallest absolute Gasteiger partial charge is 0.332 e. The third-order valence-corrected chi connectivity index (χ3v) is 6.25. The number of aryl methyl sites for hydroxylation is 1. The van der Waals surface area contributed by atoms with E-state index in [0.29, 0.717) is 12.1 Å². The first-order valence-electron chi connectivity index (χ1n) is 8.26. The summed E-state index contributed by atoms with van der Waals surface area (Å²) in [6.45, 7) is 2.32. The maximum atomic E-state index is 11.2. The van der Waals surface area contributed by atoms with Gasteiger partial charge >= 0.3 is 5.97 Å². The molecule has 0 amide bonds. The van der Waals surface area contributed by atoms with Gasteiger partial charge in [-0.25, -0.2) is 4.79 Å². The second kappa shape index (κ2) is 8.17. The monoisotopic (exact) mass is 420 g/mol. The van der Waals surface area contributed by atoms with Crippen LogP contribution in [-0.2, 0) is 11.8 Å². The van der Waals surface area contributed by atoms with E-state index in [0.717, 1.165) is 30.4 Å². The predicted octanol–water partition coefficient (Wildman–Crippen LogP) is 4.39. The molecule has 1 aliphatic heterocycles. The van der Waals surface area contributed by atoms with Crippen LogP contribution in [0.25, 0.3) is 5.57 Å². The highest BCUT2D eigenvalue weighted by Gasteiger charge is 2.17. The third-order valence-electron chi connectivity index (χ3n) is 4.38. The first-order valence-corrected chi connectivity index (χ1v) is 9.93. The minimum atomic E-state index is -0.799. The molecule has 4 nitrogen and oxygen atoms in total. The molecule has 0 aliphatic carbocycles. The van der Waals surface area contributed by atoms with Crippen LogP contribution in [0.3, 0.4) is 0 Å². The molecule has 0 fully saturated rings. The summed E-state index contributed by atoms with van der Waals surface area (Å²) in [7, 11) is 2.05. The standard InChI is InChI=1S/C19H21BrN2O2S/c1-21-9-4-7-17(21)15(18-16(20)8-12-25-18)6-3-11-22-10-2-5-14(13-22)19(23)24/h4-9,12H,2-3,10-11,13H2,1H3,(H,23,24). The summed E-state index contributed by atoms with van der Waals surface area (Å²) in [6.07, 6.45) is 7.86. The fraction of sp³-hybridized carbons (Fsp3) is 0.316. The van der Waals surface area contributed by atoms with Crippen LogP contribution in [-0.4, -0.2) is 40.2 Å². The molecule has 2 aromatic rings. The van der Waals surface area contributed by atoms with Crippen molar-refractivity contribution in [1.82, 2.24) is 9.47 Å². The number of aromatic nitrogens is 1. The van der Waals surface area contributed by atoms with Crippen molar-refractivity contribution < 1.29 is 9.90 Å². The molecule has 3 heterocycles. The molecule has 0 bridgehead atoms. The van der Waals surface area contributed by atoms with Crippen LogP contribution in [0, 0.1) is 0 Å². The number of nitrogens with zero attached hydrogens (tertiary/aromatic N) is 2. The van der Waals surface area contributed by atoms with Gasteiger partial charge in [-0.1, -0.05) is 12.2 Å². The highest BCUT2D eigenvalue weighted by Crippen LogP contribution is 2.34. The number of hydrogen-bond donors (Lipinski definition) is 1. The molecule has 0 saturated carbocycles. The van der Waals surface area contributed by atoms with Crippen LogP contribution in [0.4, 0.5) is 0 Å². The number of carbonyl (C=O) groups is 1. The topological polar surface area (TPSA) is 45.5 Å². The summed E-state index contributed by atoms with van der Waals surface area (Å²) in [5, 5.41) is 11.3. The normalized spacial score (nSPS) is 16.1. The van der Waals surface area contributed by atoms with E-state index in [2.05, 4.69) is 68.3 Å². The molecular formula is C19H21BrN2O2S. The lowest BCUT2D eigenvalue weighted by Gasteiger charge is -2.25. The van der Waals surface area contributed by atoms with Crippen molar-refractivity contribution >= 4 is 38.8 Å². The Kier molecular flexibility index (Phi) is 5.93. The van der Waals surface area contributed by atoms with Crippen molar-refractivity contribution in [3.63, 3.8) is 0 Å². The van der Waals surface area contributed by atoms with E-state index in [1.54, 1.807) is 11.3 Å². The fourth-order valence-electron chi connectivity index (χ4n) is 3.08. The van der Waals surface area contributed by atoms with E-state index in [4.69, 9.17) is 5.11 Å². The second-order valence-corrected chi connectivity index (χ2v) is 7.88. The van der Waals surface area contributed by atoms with Gasteiger partial charge in [0, 0.05) is 54.2 Å². The SMILES string of the molecule is Cn1cccc1C(=CCCN1CCC=C(C(=O)O)C1)c1sccc1Br. The molecule has 1 aliphatic rings. The van der Waals surface area contributed by atoms with Gasteiger partial charge in [-0.3, -0.25) is 4.90 Å². The molecule has 6 heteroatoms. The number of thiophene rings is 1. The molecule has 0 spiro atoms. The summed E-state index contributed by atoms with van der Waals surface area (Å²) >= 11 is 5.37. The average Bonchev–Trinajstić information content (AvgIpc) is 3.21. The third kappa shape index (κ3) is 4.32. The molecule has 1 N–H and O–H groups in total. The van der Waals surface area contributed by atoms with Gasteiger partial charge in [0.05, 0.1) is 4.88 Å². The summed E-state index contributed by atoms with van der Waals surface area (Å²) in [6, 6.07) is 6.26. The van der Waals surface area contributed by atoms with Crippen molar-refractivity contribution in [2.75, 3.05) is 19.6 Å². The number of hydrogen-bond acceptors (Lipinski definition) is 3. The highest BCUT2D eigenvalue weighted by molar-refractivity contribution is 9.10. The molecule has 0 saturated heterocycles. The van der Waals surface area contributed by atoms with Crippen LogP contribution in [0.2, 0.25) is 0 Å². The quantitative estimate of drug-likeness (QED) is 0.753. The van der Waals surface area contributed by atoms with Gasteiger partial charge in [0.2, 0.25) is 0 Å². The Morgan fingerprint density at radius 2 is 2.28 bits per heavy atom. The Hall–Kier alpha value is -1.63. The summed E-state index contributed by atoms with van der Waals surface area (Å²) in [5.41, 5.74) is 2.92. The molecule has 25 heavy (non-hydrogen) atoms. The van der Waals surface area contributed by atoms with Gasteiger partial charge in [0.25, 0.3) is 0 Å². The molecule has 132 valence electrons. The van der Waals surface area contributed by atoms with Gasteiger partial charge in [0.1, 0.15) is 0 Å². The zero-order valence-electron chi connectivity index (χ0n) is 14.1. The van der Waals surface area contributed by atoms with E-state index >= 15 is 0 Å². The first-order chi connectivity index (χ1) is 12.1. The Bertz CT molecular complexity index is 777. The molecule has 3 rings (SSSR count). The average molecular weight is 421 g/mol. The van der Waals surface area contributed by atoms with Crippen LogP contribution in [0.5, 0.6) is 0 Å². The number of rotatable bonds is 6. The second-order valence-electron chi connectivity index (χ2n) is 6.11. The first kappa shape index (κ1) is 18.2. The van der Waals surface area contributed by atoms with Gasteiger partial charge in [-0.05, 0) is 52.4 Å². The zero-order chi connectivity index (χ0) is 17.8. The Morgan fingerprint density at radius 1 is 1.44 bits per heavy atom. The van der Waals surface area contributed by atoms with Crippen LogP contribution >= 0.6 is 27.3 Å². The number of aliphatic carboxylic acids is 1. The van der Waals surface area contributed by atoms with Crippen molar-refractivity contribution in [1.29, 1.82) is 0 Å². The molecule has 0 aromatic carbocycles. The fourth-order valence-corrected chi connectivity index (χ4v) is 4.72. The summed E-state index contributed by atoms with van der Waals surface area (Å²) in [5.74, 6) is -0.799. The van der Waals surface area contributed by atoms with E-state index in [-0.39, 0.29) is 0 Å². The lowest BCUT2D eigenvalue weighted by molar-refractivity contribution is -0.133. The van der Waals surface area contributed by atoms with Crippen molar-refractivity contribution in [2.45, 2.75) is 12.8 Å². The summed E-state index contributed by atoms with van der Waals surface area (Å²) < 4.78 is 3.24. The Morgan fingerprint density at radius 3 is 2.92 bits per heavy atom. The van der Waals surface area contributed by atoms with Gasteiger partial charge in [0.15, 0.2) is 0 Å². The van der Waals surface area contributed by atoms with Crippen LogP contribution in [0.1, 0.15) is 23.4 Å². The van der Waals surface area contributed by atoms with Crippen LogP contribution < -0.4 is 0 Å². The largest absolute Gasteiger partial charge is 0.478 e. The van der Waals surface area contributed by atoms with Gasteiger partial charge in [-0.15, -0.1) is 11.3 Å².